The molecular weight excluding hydrogens is 523 g/mol. The lowest BCUT2D eigenvalue weighted by Crippen LogP contribution is -2.27. The van der Waals surface area contributed by atoms with E-state index in [-0.39, 0.29) is 17.8 Å². The Morgan fingerprint density at radius 1 is 1.00 bits per heavy atom. The number of halogens is 1. The number of rotatable bonds is 7. The van der Waals surface area contributed by atoms with Gasteiger partial charge in [-0.2, -0.15) is 4.98 Å². The largest absolute Gasteiger partial charge is 0.385 e. The SMILES string of the molecule is Cc1ccc(-c2cc(C(=O)NC(C)c3nc(-c4ccccn4)no3)cc(C3=NOC(c4ccccn4)C3)c2)c(F)c1. The van der Waals surface area contributed by atoms with Gasteiger partial charge in [0, 0.05) is 35.5 Å². The van der Waals surface area contributed by atoms with Crippen LogP contribution in [0, 0.1) is 12.7 Å². The van der Waals surface area contributed by atoms with E-state index >= 15 is 4.39 Å². The number of pyridine rings is 2. The molecule has 204 valence electrons. The first-order valence-electron chi connectivity index (χ1n) is 13.1. The fourth-order valence-electron chi connectivity index (χ4n) is 4.56. The van der Waals surface area contributed by atoms with Crippen LogP contribution in [0.1, 0.15) is 58.6 Å². The van der Waals surface area contributed by atoms with Gasteiger partial charge in [-0.15, -0.1) is 0 Å². The van der Waals surface area contributed by atoms with Crippen LogP contribution in [-0.2, 0) is 4.84 Å². The quantitative estimate of drug-likeness (QED) is 0.265. The van der Waals surface area contributed by atoms with Crippen LogP contribution in [0.25, 0.3) is 22.6 Å². The average molecular weight is 549 g/mol. The van der Waals surface area contributed by atoms with Gasteiger partial charge in [0.2, 0.25) is 11.7 Å². The molecule has 41 heavy (non-hydrogen) atoms. The number of benzene rings is 2. The fourth-order valence-corrected chi connectivity index (χ4v) is 4.56. The third-order valence-corrected chi connectivity index (χ3v) is 6.70. The zero-order chi connectivity index (χ0) is 28.3. The van der Waals surface area contributed by atoms with Crippen molar-refractivity contribution in [1.29, 1.82) is 0 Å². The van der Waals surface area contributed by atoms with E-state index in [1.54, 1.807) is 49.6 Å². The number of carbonyl (C=O) groups excluding carboxylic acids is 1. The lowest BCUT2D eigenvalue weighted by atomic mass is 9.94. The number of aromatic nitrogens is 4. The maximum Gasteiger partial charge on any atom is 0.251 e. The highest BCUT2D eigenvalue weighted by molar-refractivity contribution is 6.05. The number of nitrogens with zero attached hydrogens (tertiary/aromatic N) is 5. The highest BCUT2D eigenvalue weighted by Gasteiger charge is 2.27. The van der Waals surface area contributed by atoms with Gasteiger partial charge in [0.05, 0.1) is 11.4 Å². The van der Waals surface area contributed by atoms with Crippen molar-refractivity contribution in [3.05, 3.63) is 119 Å². The Hall–Kier alpha value is -5.25. The van der Waals surface area contributed by atoms with Crippen molar-refractivity contribution in [3.63, 3.8) is 0 Å². The number of amides is 1. The van der Waals surface area contributed by atoms with E-state index in [0.29, 0.717) is 45.9 Å². The van der Waals surface area contributed by atoms with Gasteiger partial charge in [0.15, 0.2) is 6.10 Å². The third kappa shape index (κ3) is 5.58. The normalized spacial score (nSPS) is 15.2. The average Bonchev–Trinajstić information content (AvgIpc) is 3.69. The Labute approximate surface area is 235 Å². The summed E-state index contributed by atoms with van der Waals surface area (Å²) < 4.78 is 20.4. The Bertz CT molecular complexity index is 1740. The number of carbonyl (C=O) groups is 1. The third-order valence-electron chi connectivity index (χ3n) is 6.70. The summed E-state index contributed by atoms with van der Waals surface area (Å²) in [5, 5.41) is 11.2. The summed E-state index contributed by atoms with van der Waals surface area (Å²) in [5.74, 6) is -0.230. The molecule has 6 rings (SSSR count). The van der Waals surface area contributed by atoms with Gasteiger partial charge in [-0.25, -0.2) is 4.39 Å². The molecule has 1 aliphatic heterocycles. The highest BCUT2D eigenvalue weighted by atomic mass is 19.1. The molecule has 2 unspecified atom stereocenters. The smallest absolute Gasteiger partial charge is 0.251 e. The van der Waals surface area contributed by atoms with Crippen molar-refractivity contribution in [3.8, 4) is 22.6 Å². The molecule has 0 aliphatic carbocycles. The van der Waals surface area contributed by atoms with E-state index in [2.05, 4.69) is 30.6 Å². The molecule has 4 heterocycles. The van der Waals surface area contributed by atoms with E-state index in [1.165, 1.54) is 6.07 Å². The molecule has 0 saturated carbocycles. The van der Waals surface area contributed by atoms with Crippen molar-refractivity contribution in [2.45, 2.75) is 32.4 Å². The molecule has 0 bridgehead atoms. The Morgan fingerprint density at radius 3 is 2.56 bits per heavy atom. The highest BCUT2D eigenvalue weighted by Crippen LogP contribution is 2.32. The predicted molar refractivity (Wildman–Crippen MR) is 149 cm³/mol. The second kappa shape index (κ2) is 11.1. The topological polar surface area (TPSA) is 115 Å². The first kappa shape index (κ1) is 26.0. The maximum absolute atomic E-state index is 15.0. The molecule has 10 heteroatoms. The molecule has 2 aromatic carbocycles. The molecular formula is C31H25FN6O3. The standard InChI is InChI=1S/C31H25FN6O3/c1-18-9-10-23(24(32)13-18)20-14-21(27-17-28(40-37-27)25-7-3-5-11-33-25)16-22(15-20)30(39)35-19(2)31-36-29(38-41-31)26-8-4-6-12-34-26/h3-16,19,28H,17H2,1-2H3,(H,35,39). The second-order valence-electron chi connectivity index (χ2n) is 9.74. The number of nitrogens with one attached hydrogen (secondary N) is 1. The predicted octanol–water partition coefficient (Wildman–Crippen LogP) is 6.00. The molecule has 3 aromatic heterocycles. The van der Waals surface area contributed by atoms with Crippen LogP contribution in [0.3, 0.4) is 0 Å². The first-order chi connectivity index (χ1) is 19.9. The van der Waals surface area contributed by atoms with Gasteiger partial charge in [-0.3, -0.25) is 14.8 Å². The summed E-state index contributed by atoms with van der Waals surface area (Å²) in [6.07, 6.45) is 3.43. The van der Waals surface area contributed by atoms with Crippen LogP contribution in [0.15, 0.2) is 94.9 Å². The van der Waals surface area contributed by atoms with Gasteiger partial charge >= 0.3 is 0 Å². The van der Waals surface area contributed by atoms with Gasteiger partial charge in [0.25, 0.3) is 5.91 Å². The second-order valence-corrected chi connectivity index (χ2v) is 9.74. The molecule has 1 amide bonds. The number of hydrogen-bond acceptors (Lipinski definition) is 8. The van der Waals surface area contributed by atoms with Crippen molar-refractivity contribution < 1.29 is 18.5 Å². The van der Waals surface area contributed by atoms with Gasteiger partial charge in [-0.05, 0) is 73.5 Å². The van der Waals surface area contributed by atoms with Crippen LogP contribution < -0.4 is 5.32 Å². The van der Waals surface area contributed by atoms with E-state index in [4.69, 9.17) is 9.36 Å². The van der Waals surface area contributed by atoms with Gasteiger partial charge < -0.3 is 14.7 Å². The number of oxime groups is 1. The van der Waals surface area contributed by atoms with E-state index in [1.807, 2.05) is 43.3 Å². The van der Waals surface area contributed by atoms with Crippen LogP contribution in [0.4, 0.5) is 4.39 Å². The van der Waals surface area contributed by atoms with Gasteiger partial charge in [-0.1, -0.05) is 34.6 Å². The van der Waals surface area contributed by atoms with Gasteiger partial charge in [0.1, 0.15) is 17.6 Å². The Kier molecular flexibility index (Phi) is 7.03. The van der Waals surface area contributed by atoms with E-state index in [9.17, 15) is 4.79 Å². The molecule has 0 radical (unpaired) electrons. The molecule has 1 aliphatic rings. The van der Waals surface area contributed by atoms with Crippen LogP contribution in [-0.4, -0.2) is 31.7 Å². The van der Waals surface area contributed by atoms with Crippen molar-refractivity contribution in [1.82, 2.24) is 25.4 Å². The minimum atomic E-state index is -0.601. The zero-order valence-electron chi connectivity index (χ0n) is 22.3. The molecule has 0 fully saturated rings. The lowest BCUT2D eigenvalue weighted by molar-refractivity contribution is 0.0826. The Morgan fingerprint density at radius 2 is 1.80 bits per heavy atom. The molecule has 2 atom stereocenters. The minimum absolute atomic E-state index is 0.228. The molecule has 0 spiro atoms. The van der Waals surface area contributed by atoms with E-state index < -0.39 is 11.9 Å². The van der Waals surface area contributed by atoms with Crippen LogP contribution in [0.2, 0.25) is 0 Å². The lowest BCUT2D eigenvalue weighted by Gasteiger charge is -2.13. The van der Waals surface area contributed by atoms with Crippen molar-refractivity contribution in [2.75, 3.05) is 0 Å². The summed E-state index contributed by atoms with van der Waals surface area (Å²) in [7, 11) is 0. The Balaban J connectivity index is 1.29. The van der Waals surface area contributed by atoms with Crippen molar-refractivity contribution in [2.24, 2.45) is 5.16 Å². The molecule has 0 saturated heterocycles. The summed E-state index contributed by atoms with van der Waals surface area (Å²) in [4.78, 5) is 32.1. The fraction of sp³-hybridized carbons (Fsp3) is 0.161. The summed E-state index contributed by atoms with van der Waals surface area (Å²) in [5.41, 5.74) is 4.62. The maximum atomic E-state index is 15.0. The molecule has 5 aromatic rings. The molecule has 1 N–H and O–H groups in total. The minimum Gasteiger partial charge on any atom is -0.385 e. The van der Waals surface area contributed by atoms with Crippen molar-refractivity contribution >= 4 is 11.6 Å². The van der Waals surface area contributed by atoms with Crippen LogP contribution in [0.5, 0.6) is 0 Å². The van der Waals surface area contributed by atoms with E-state index in [0.717, 1.165) is 11.3 Å². The first-order valence-corrected chi connectivity index (χ1v) is 13.1. The summed E-state index contributed by atoms with van der Waals surface area (Å²) in [6.45, 7) is 3.56. The number of hydrogen-bond donors (Lipinski definition) is 1. The monoisotopic (exact) mass is 548 g/mol. The van der Waals surface area contributed by atoms with Crippen LogP contribution >= 0.6 is 0 Å². The summed E-state index contributed by atoms with van der Waals surface area (Å²) in [6, 6.07) is 20.6. The number of aryl methyl sites for hydroxylation is 1. The zero-order valence-corrected chi connectivity index (χ0v) is 22.3. The summed E-state index contributed by atoms with van der Waals surface area (Å²) >= 11 is 0. The molecule has 9 nitrogen and oxygen atoms in total.